The van der Waals surface area contributed by atoms with Gasteiger partial charge in [-0.25, -0.2) is 0 Å². The average molecular weight is 531 g/mol. The highest BCUT2D eigenvalue weighted by Crippen LogP contribution is 2.49. The Morgan fingerprint density at radius 2 is 0.737 bits per heavy atom. The highest BCUT2D eigenvalue weighted by molar-refractivity contribution is 7.49. The Kier molecular flexibility index (Phi) is 10.2. The van der Waals surface area contributed by atoms with Gasteiger partial charge in [0.15, 0.2) is 0 Å². The van der Waals surface area contributed by atoms with Gasteiger partial charge in [0.05, 0.1) is 0 Å². The summed E-state index contributed by atoms with van der Waals surface area (Å²) in [5, 5.41) is 0. The molecule has 4 aromatic rings. The van der Waals surface area contributed by atoms with E-state index in [-0.39, 0.29) is 0 Å². The van der Waals surface area contributed by atoms with E-state index in [0.717, 1.165) is 16.7 Å². The van der Waals surface area contributed by atoms with Crippen molar-refractivity contribution in [2.45, 2.75) is 60.3 Å². The van der Waals surface area contributed by atoms with E-state index < -0.39 is 7.82 Å². The third-order valence-corrected chi connectivity index (χ3v) is 7.26. The number of benzene rings is 4. The van der Waals surface area contributed by atoms with Crippen LogP contribution in [0.3, 0.4) is 0 Å². The number of phosphoric acid groups is 1. The van der Waals surface area contributed by atoms with Crippen LogP contribution in [0.1, 0.15) is 67.3 Å². The fraction of sp³-hybridized carbons (Fsp3) is 0.273. The van der Waals surface area contributed by atoms with Crippen LogP contribution in [0, 0.1) is 20.8 Å². The summed E-state index contributed by atoms with van der Waals surface area (Å²) in [6.07, 6.45) is 0. The van der Waals surface area contributed by atoms with Gasteiger partial charge in [0, 0.05) is 0 Å². The summed E-state index contributed by atoms with van der Waals surface area (Å²) in [6, 6.07) is 30.4. The summed E-state index contributed by atoms with van der Waals surface area (Å²) in [7, 11) is -3.93. The highest BCUT2D eigenvalue weighted by atomic mass is 31.2. The van der Waals surface area contributed by atoms with Crippen LogP contribution in [-0.4, -0.2) is 0 Å². The van der Waals surface area contributed by atoms with Crippen LogP contribution in [0.25, 0.3) is 0 Å². The third-order valence-electron chi connectivity index (χ3n) is 5.95. The van der Waals surface area contributed by atoms with E-state index in [0.29, 0.717) is 29.1 Å². The second-order valence-electron chi connectivity index (χ2n) is 10.1. The molecule has 0 unspecified atom stereocenters. The summed E-state index contributed by atoms with van der Waals surface area (Å²) < 4.78 is 30.2. The largest absolute Gasteiger partial charge is 0.647 e. The van der Waals surface area contributed by atoms with Crippen LogP contribution >= 0.6 is 7.82 Å². The minimum atomic E-state index is -3.93. The molecule has 0 aliphatic rings. The molecule has 0 aliphatic heterocycles. The van der Waals surface area contributed by atoms with Gasteiger partial charge in [0.2, 0.25) is 0 Å². The van der Waals surface area contributed by atoms with Crippen LogP contribution in [-0.2, 0) is 4.57 Å². The fourth-order valence-electron chi connectivity index (χ4n) is 3.80. The van der Waals surface area contributed by atoms with E-state index in [9.17, 15) is 4.57 Å². The lowest BCUT2D eigenvalue weighted by Crippen LogP contribution is -2.07. The molecule has 0 aromatic heterocycles. The third kappa shape index (κ3) is 8.82. The van der Waals surface area contributed by atoms with Gasteiger partial charge in [-0.1, -0.05) is 105 Å². The molecule has 0 saturated heterocycles. The molecular formula is C33H39O4P. The molecule has 0 bridgehead atoms. The van der Waals surface area contributed by atoms with Crippen LogP contribution in [0.4, 0.5) is 0 Å². The Hall–Kier alpha value is -3.49. The molecule has 0 saturated carbocycles. The van der Waals surface area contributed by atoms with Crippen molar-refractivity contribution >= 4 is 7.82 Å². The molecule has 4 aromatic carbocycles. The van der Waals surface area contributed by atoms with Crippen molar-refractivity contribution in [2.75, 3.05) is 0 Å². The standard InChI is InChI=1S/C21H21O4P.C12H18/c1-16-4-10-19(11-5-16)23-26(22,24-20-12-6-17(2)7-13-20)25-21-14-8-18(3)9-15-21;1-9(2)11-7-5-6-8-12(11)10(3)4/h4-15H,1-3H3;5-10H,1-4H3. The molecule has 5 heteroatoms. The molecule has 0 heterocycles. The maximum Gasteiger partial charge on any atom is 0.647 e. The monoisotopic (exact) mass is 530 g/mol. The number of phosphoric ester groups is 1. The quantitative estimate of drug-likeness (QED) is 0.213. The lowest BCUT2D eigenvalue weighted by molar-refractivity contribution is 0.298. The first kappa shape index (κ1) is 29.1. The van der Waals surface area contributed by atoms with E-state index in [1.165, 1.54) is 11.1 Å². The number of hydrogen-bond donors (Lipinski definition) is 0. The van der Waals surface area contributed by atoms with E-state index in [1.54, 1.807) is 36.4 Å². The Morgan fingerprint density at radius 3 is 0.974 bits per heavy atom. The molecule has 0 fully saturated rings. The molecule has 38 heavy (non-hydrogen) atoms. The molecule has 0 aliphatic carbocycles. The van der Waals surface area contributed by atoms with Gasteiger partial charge in [0.25, 0.3) is 0 Å². The van der Waals surface area contributed by atoms with E-state index in [4.69, 9.17) is 13.6 Å². The summed E-state index contributed by atoms with van der Waals surface area (Å²) in [4.78, 5) is 0. The smallest absolute Gasteiger partial charge is 0.386 e. The van der Waals surface area contributed by atoms with E-state index in [2.05, 4.69) is 52.0 Å². The first-order chi connectivity index (χ1) is 18.0. The van der Waals surface area contributed by atoms with Gasteiger partial charge >= 0.3 is 7.82 Å². The minimum Gasteiger partial charge on any atom is -0.386 e. The molecule has 4 rings (SSSR count). The molecule has 0 atom stereocenters. The van der Waals surface area contributed by atoms with Crippen LogP contribution in [0.2, 0.25) is 0 Å². The predicted molar refractivity (Wildman–Crippen MR) is 158 cm³/mol. The lowest BCUT2D eigenvalue weighted by Gasteiger charge is -2.19. The first-order valence-electron chi connectivity index (χ1n) is 13.0. The molecule has 0 amide bonds. The second-order valence-corrected chi connectivity index (χ2v) is 11.5. The number of hydrogen-bond acceptors (Lipinski definition) is 4. The van der Waals surface area contributed by atoms with Gasteiger partial charge in [0.1, 0.15) is 17.2 Å². The Bertz CT molecular complexity index is 1180. The zero-order chi connectivity index (χ0) is 27.7. The van der Waals surface area contributed by atoms with Crippen LogP contribution in [0.15, 0.2) is 97.1 Å². The zero-order valence-electron chi connectivity index (χ0n) is 23.5. The molecule has 0 spiro atoms. The summed E-state index contributed by atoms with van der Waals surface area (Å²) in [6.45, 7) is 14.9. The topological polar surface area (TPSA) is 44.8 Å². The van der Waals surface area contributed by atoms with Crippen molar-refractivity contribution in [1.29, 1.82) is 0 Å². The van der Waals surface area contributed by atoms with E-state index in [1.807, 2.05) is 57.2 Å². The summed E-state index contributed by atoms with van der Waals surface area (Å²) in [5.41, 5.74) is 6.21. The van der Waals surface area contributed by atoms with Gasteiger partial charge in [-0.2, -0.15) is 4.57 Å². The Morgan fingerprint density at radius 1 is 0.474 bits per heavy atom. The first-order valence-corrected chi connectivity index (χ1v) is 14.5. The van der Waals surface area contributed by atoms with Crippen molar-refractivity contribution in [3.63, 3.8) is 0 Å². The highest BCUT2D eigenvalue weighted by Gasteiger charge is 2.33. The van der Waals surface area contributed by atoms with Crippen molar-refractivity contribution < 1.29 is 18.1 Å². The maximum absolute atomic E-state index is 13.3. The molecule has 4 nitrogen and oxygen atoms in total. The van der Waals surface area contributed by atoms with Gasteiger partial charge < -0.3 is 13.6 Å². The maximum atomic E-state index is 13.3. The SMILES string of the molecule is CC(C)c1ccccc1C(C)C.Cc1ccc(OP(=O)(Oc2ccc(C)cc2)Oc2ccc(C)cc2)cc1. The van der Waals surface area contributed by atoms with Crippen molar-refractivity contribution in [1.82, 2.24) is 0 Å². The summed E-state index contributed by atoms with van der Waals surface area (Å²) >= 11 is 0. The minimum absolute atomic E-state index is 0.415. The second kappa shape index (κ2) is 13.3. The molecular weight excluding hydrogens is 491 g/mol. The fourth-order valence-corrected chi connectivity index (χ4v) is 5.05. The lowest BCUT2D eigenvalue weighted by atomic mass is 9.91. The average Bonchev–Trinajstić information content (AvgIpc) is 2.88. The van der Waals surface area contributed by atoms with Crippen molar-refractivity contribution in [3.8, 4) is 17.2 Å². The molecule has 0 radical (unpaired) electrons. The normalized spacial score (nSPS) is 11.1. The number of aryl methyl sites for hydroxylation is 3. The Labute approximate surface area is 228 Å². The predicted octanol–water partition coefficient (Wildman–Crippen LogP) is 10.2. The van der Waals surface area contributed by atoms with Crippen molar-refractivity contribution in [2.24, 2.45) is 0 Å². The number of rotatable bonds is 8. The van der Waals surface area contributed by atoms with E-state index >= 15 is 0 Å². The summed E-state index contributed by atoms with van der Waals surface area (Å²) in [5.74, 6) is 2.53. The Balaban J connectivity index is 0.000000279. The van der Waals surface area contributed by atoms with Gasteiger partial charge in [-0.05, 0) is 80.1 Å². The molecule has 0 N–H and O–H groups in total. The van der Waals surface area contributed by atoms with Crippen molar-refractivity contribution in [3.05, 3.63) is 125 Å². The van der Waals surface area contributed by atoms with Crippen LogP contribution < -0.4 is 13.6 Å². The van der Waals surface area contributed by atoms with Gasteiger partial charge in [-0.3, -0.25) is 0 Å². The molecule has 200 valence electrons. The van der Waals surface area contributed by atoms with Crippen LogP contribution in [0.5, 0.6) is 17.2 Å². The zero-order valence-corrected chi connectivity index (χ0v) is 24.4. The van der Waals surface area contributed by atoms with Gasteiger partial charge in [-0.15, -0.1) is 0 Å².